The number of allylic oxidation sites excluding steroid dienone is 8. The van der Waals surface area contributed by atoms with Crippen LogP contribution < -0.4 is 0 Å². The van der Waals surface area contributed by atoms with E-state index in [1.54, 1.807) is 44.6 Å². The van der Waals surface area contributed by atoms with E-state index in [0.29, 0.717) is 0 Å². The monoisotopic (exact) mass is 638 g/mol. The summed E-state index contributed by atoms with van der Waals surface area (Å²) in [4.78, 5) is 0. The molecule has 0 heterocycles. The molecule has 0 aromatic carbocycles. The Bertz CT molecular complexity index is 890. The first-order chi connectivity index (χ1) is 16.8. The molecule has 0 spiro atoms. The van der Waals surface area contributed by atoms with Crippen LogP contribution in [0.5, 0.6) is 0 Å². The summed E-state index contributed by atoms with van der Waals surface area (Å²) in [5.41, 5.74) is 13.2. The molecule has 2 saturated carbocycles. The molecule has 2 fully saturated rings. The number of hydrogen-bond donors (Lipinski definition) is 0. The Labute approximate surface area is 257 Å². The van der Waals surface area contributed by atoms with Crippen LogP contribution in [0.3, 0.4) is 0 Å². The van der Waals surface area contributed by atoms with Gasteiger partial charge < -0.3 is 14.9 Å². The van der Waals surface area contributed by atoms with E-state index in [2.05, 4.69) is 83.1 Å². The topological polar surface area (TPSA) is 0 Å². The van der Waals surface area contributed by atoms with Gasteiger partial charge in [-0.3, -0.25) is 0 Å². The maximum absolute atomic E-state index is 4.93. The van der Waals surface area contributed by atoms with Crippen molar-refractivity contribution in [2.45, 2.75) is 102 Å². The van der Waals surface area contributed by atoms with Crippen molar-refractivity contribution in [3.8, 4) is 0 Å². The number of hydrogen-bond acceptors (Lipinski definition) is 0. The average molecular weight is 641 g/mol. The van der Waals surface area contributed by atoms with E-state index in [0.717, 1.165) is 59.2 Å². The summed E-state index contributed by atoms with van der Waals surface area (Å²) in [5, 5.41) is 0. The van der Waals surface area contributed by atoms with Crippen molar-refractivity contribution in [1.29, 1.82) is 0 Å². The van der Waals surface area contributed by atoms with Crippen molar-refractivity contribution >= 4 is 17.0 Å². The molecule has 0 bridgehead atoms. The van der Waals surface area contributed by atoms with Crippen LogP contribution in [0, 0.1) is 74.0 Å². The second kappa shape index (κ2) is 14.5. The van der Waals surface area contributed by atoms with Gasteiger partial charge in [0.15, 0.2) is 0 Å². The fourth-order valence-corrected chi connectivity index (χ4v) is 9.44. The van der Waals surface area contributed by atoms with E-state index < -0.39 is 20.8 Å². The van der Waals surface area contributed by atoms with Crippen molar-refractivity contribution < 1.29 is 20.8 Å². The molecule has 3 heteroatoms. The zero-order valence-electron chi connectivity index (χ0n) is 27.2. The van der Waals surface area contributed by atoms with Crippen LogP contribution in [0.1, 0.15) is 102 Å². The fourth-order valence-electron chi connectivity index (χ4n) is 9.44. The Morgan fingerprint density at radius 1 is 0.474 bits per heavy atom. The zero-order valence-corrected chi connectivity index (χ0v) is 31.1. The van der Waals surface area contributed by atoms with Gasteiger partial charge in [0, 0.05) is 0 Å². The molecular weight excluding hydrogens is 583 g/mol. The fraction of sp³-hybridized carbons (Fsp3) is 0.714. The zero-order chi connectivity index (χ0) is 27.2. The average Bonchev–Trinajstić information content (AvgIpc) is 3.24. The molecule has 10 unspecified atom stereocenters. The molecule has 10 atom stereocenters. The predicted octanol–water partition coefficient (Wildman–Crippen LogP) is 12.1. The molecule has 4 rings (SSSR count). The summed E-state index contributed by atoms with van der Waals surface area (Å²) in [6, 6.07) is 0. The third kappa shape index (κ3) is 6.12. The van der Waals surface area contributed by atoms with Gasteiger partial charge in [0.2, 0.25) is 0 Å². The first-order valence-electron chi connectivity index (χ1n) is 14.5. The maximum atomic E-state index is 4.93. The van der Waals surface area contributed by atoms with Crippen LogP contribution in [0.25, 0.3) is 0 Å². The summed E-state index contributed by atoms with van der Waals surface area (Å²) in [5.74, 6) is 8.17. The van der Waals surface area contributed by atoms with Gasteiger partial charge in [-0.05, 0) is 150 Å². The Hall–Kier alpha value is 0.423. The van der Waals surface area contributed by atoms with Crippen LogP contribution >= 0.6 is 17.0 Å². The van der Waals surface area contributed by atoms with Crippen LogP contribution in [0.15, 0.2) is 44.6 Å². The van der Waals surface area contributed by atoms with E-state index in [1.807, 2.05) is 0 Å². The van der Waals surface area contributed by atoms with Crippen LogP contribution in [0.4, 0.5) is 0 Å². The summed E-state index contributed by atoms with van der Waals surface area (Å²) in [6.07, 6.45) is 4.26. The predicted molar refractivity (Wildman–Crippen MR) is 169 cm³/mol. The third-order valence-electron chi connectivity index (χ3n) is 12.4. The minimum atomic E-state index is -0.826. The molecule has 0 amide bonds. The Balaban J connectivity index is 0.00000138. The molecule has 0 N–H and O–H groups in total. The third-order valence-corrected chi connectivity index (χ3v) is 12.4. The second-order valence-electron chi connectivity index (χ2n) is 13.1. The Kier molecular flexibility index (Phi) is 14.0. The molecule has 0 aliphatic heterocycles. The summed E-state index contributed by atoms with van der Waals surface area (Å²) < 4.78 is 0. The summed E-state index contributed by atoms with van der Waals surface area (Å²) in [6.45, 7) is 29.6. The van der Waals surface area contributed by atoms with E-state index in [-0.39, 0.29) is 14.9 Å². The molecule has 4 aliphatic rings. The Morgan fingerprint density at radius 3 is 0.974 bits per heavy atom. The van der Waals surface area contributed by atoms with Crippen LogP contribution in [-0.4, -0.2) is 0 Å². The molecule has 4 aliphatic carbocycles. The number of fused-ring (bicyclic) bond motifs is 2. The van der Waals surface area contributed by atoms with Crippen molar-refractivity contribution in [3.63, 3.8) is 0 Å². The normalized spacial score (nSPS) is 38.2. The molecule has 0 saturated heterocycles. The van der Waals surface area contributed by atoms with Crippen molar-refractivity contribution in [3.05, 3.63) is 59.4 Å². The SMILES string of the molecule is CC1=C(C)C2C(C)C(C)C(CCCC3C(C)C(C)C4C(C)=C(C)C(C)=C(C)C34)C2C(C)=C1C.[CH3-].[CH3-].[Cl][Zr+2][Cl]. The molecular formula is C35H58Cl2Zr. The van der Waals surface area contributed by atoms with E-state index in [4.69, 9.17) is 17.0 Å². The van der Waals surface area contributed by atoms with Crippen molar-refractivity contribution in [1.82, 2.24) is 0 Å². The quantitative estimate of drug-likeness (QED) is 0.268. The summed E-state index contributed by atoms with van der Waals surface area (Å²) >= 11 is -0.826. The van der Waals surface area contributed by atoms with Crippen molar-refractivity contribution in [2.75, 3.05) is 0 Å². The molecule has 0 radical (unpaired) electrons. The minimum absolute atomic E-state index is 0. The van der Waals surface area contributed by atoms with Gasteiger partial charge in [0.25, 0.3) is 0 Å². The number of rotatable bonds is 4. The van der Waals surface area contributed by atoms with E-state index in [9.17, 15) is 0 Å². The molecule has 0 aromatic heterocycles. The standard InChI is InChI=1S/C33H52.2CH3.2ClH.Zr/c1-16-18(3)24(9)32-28(20(5)26(11)30(32)22(16)7)14-13-15-29-21(6)27(12)31-23(8)17(2)19(4)25(10)33(29)31;;;;;/h20-21,26-33H,13-15H2,1-12H3;2*1H3;2*1H;/q;2*-1;;;+4/p-2. The van der Waals surface area contributed by atoms with Gasteiger partial charge in [-0.25, -0.2) is 0 Å². The molecule has 216 valence electrons. The number of halogens is 2. The van der Waals surface area contributed by atoms with Crippen LogP contribution in [0.2, 0.25) is 0 Å². The van der Waals surface area contributed by atoms with Gasteiger partial charge in [0.05, 0.1) is 0 Å². The summed E-state index contributed by atoms with van der Waals surface area (Å²) in [7, 11) is 9.87. The van der Waals surface area contributed by atoms with Gasteiger partial charge in [-0.2, -0.15) is 0 Å². The second-order valence-corrected chi connectivity index (χ2v) is 16.8. The van der Waals surface area contributed by atoms with Crippen LogP contribution in [-0.2, 0) is 20.8 Å². The van der Waals surface area contributed by atoms with Gasteiger partial charge in [-0.15, -0.1) is 0 Å². The van der Waals surface area contributed by atoms with Gasteiger partial charge in [0.1, 0.15) is 0 Å². The van der Waals surface area contributed by atoms with Crippen molar-refractivity contribution in [2.24, 2.45) is 59.2 Å². The van der Waals surface area contributed by atoms with Gasteiger partial charge >= 0.3 is 37.9 Å². The molecule has 0 aromatic rings. The first kappa shape index (κ1) is 36.4. The first-order valence-corrected chi connectivity index (χ1v) is 20.8. The molecule has 38 heavy (non-hydrogen) atoms. The Morgan fingerprint density at radius 2 is 0.711 bits per heavy atom. The van der Waals surface area contributed by atoms with Gasteiger partial charge in [-0.1, -0.05) is 56.4 Å². The van der Waals surface area contributed by atoms with E-state index >= 15 is 0 Å². The molecule has 0 nitrogen and oxygen atoms in total. The van der Waals surface area contributed by atoms with E-state index in [1.165, 1.54) is 19.3 Å².